The summed E-state index contributed by atoms with van der Waals surface area (Å²) < 4.78 is 23.5. The van der Waals surface area contributed by atoms with Crippen LogP contribution in [0.5, 0.6) is 5.75 Å². The van der Waals surface area contributed by atoms with E-state index in [4.69, 9.17) is 11.6 Å². The molecule has 2 N–H and O–H groups in total. The second-order valence-electron chi connectivity index (χ2n) is 2.47. The van der Waals surface area contributed by atoms with Crippen molar-refractivity contribution in [3.8, 4) is 5.75 Å². The molecule has 14 heavy (non-hydrogen) atoms. The fourth-order valence-corrected chi connectivity index (χ4v) is 2.09. The van der Waals surface area contributed by atoms with Crippen LogP contribution in [-0.4, -0.2) is 13.5 Å². The van der Waals surface area contributed by atoms with Crippen molar-refractivity contribution in [2.45, 2.75) is 4.43 Å². The molecule has 0 fully saturated rings. The van der Waals surface area contributed by atoms with E-state index < -0.39 is 10.9 Å². The first-order valence-electron chi connectivity index (χ1n) is 3.53. The predicted molar refractivity (Wildman–Crippen MR) is 64.8 cm³/mol. The van der Waals surface area contributed by atoms with Crippen molar-refractivity contribution >= 4 is 50.8 Å². The van der Waals surface area contributed by atoms with E-state index in [0.717, 1.165) is 0 Å². The summed E-state index contributed by atoms with van der Waals surface area (Å²) in [6.07, 6.45) is 0. The van der Waals surface area contributed by atoms with Gasteiger partial charge in [-0.2, -0.15) is 0 Å². The third-order valence-electron chi connectivity index (χ3n) is 1.51. The number of rotatable bonds is 3. The highest BCUT2D eigenvalue weighted by Gasteiger charge is 2.07. The van der Waals surface area contributed by atoms with Crippen molar-refractivity contribution in [1.82, 2.24) is 0 Å². The lowest BCUT2D eigenvalue weighted by Gasteiger charge is -2.06. The highest BCUT2D eigenvalue weighted by Crippen LogP contribution is 2.32. The van der Waals surface area contributed by atoms with E-state index in [1.165, 1.54) is 6.07 Å². The number of hydrogen-bond acceptors (Lipinski definition) is 3. The lowest BCUT2D eigenvalue weighted by atomic mass is 10.2. The van der Waals surface area contributed by atoms with Crippen molar-refractivity contribution in [2.75, 3.05) is 4.72 Å². The summed E-state index contributed by atoms with van der Waals surface area (Å²) in [7, 11) is -2.71. The number of nitrogens with one attached hydrogen (secondary N) is 1. The molecule has 0 aliphatic carbocycles. The summed E-state index contributed by atoms with van der Waals surface area (Å²) in [4.78, 5) is 0. The van der Waals surface area contributed by atoms with E-state index in [1.54, 1.807) is 6.07 Å². The zero-order valence-corrected chi connectivity index (χ0v) is 10.6. The molecule has 0 radical (unpaired) electrons. The molecule has 0 heterocycles. The average Bonchev–Trinajstić information content (AvgIpc) is 2.10. The van der Waals surface area contributed by atoms with Crippen LogP contribution >= 0.6 is 34.2 Å². The van der Waals surface area contributed by atoms with Gasteiger partial charge in [0.25, 0.3) is 0 Å². The Morgan fingerprint density at radius 2 is 2.14 bits per heavy atom. The monoisotopic (exact) mass is 347 g/mol. The SMILES string of the molecule is O=[SH](=O)Nc1cc(Cl)c(O)c(CI)c1. The van der Waals surface area contributed by atoms with E-state index in [0.29, 0.717) is 15.7 Å². The maximum absolute atomic E-state index is 10.4. The van der Waals surface area contributed by atoms with Gasteiger partial charge in [-0.15, -0.1) is 0 Å². The van der Waals surface area contributed by atoms with Crippen LogP contribution < -0.4 is 4.72 Å². The molecule has 0 atom stereocenters. The number of thiol groups is 1. The van der Waals surface area contributed by atoms with Crippen LogP contribution in [0.1, 0.15) is 5.56 Å². The molecule has 0 unspecified atom stereocenters. The Morgan fingerprint density at radius 1 is 1.50 bits per heavy atom. The highest BCUT2D eigenvalue weighted by atomic mass is 127. The molecule has 7 heteroatoms. The van der Waals surface area contributed by atoms with Crippen molar-refractivity contribution in [2.24, 2.45) is 0 Å². The number of hydrogen-bond donors (Lipinski definition) is 3. The topological polar surface area (TPSA) is 66.4 Å². The van der Waals surface area contributed by atoms with Gasteiger partial charge in [-0.3, -0.25) is 4.72 Å². The number of halogens is 2. The summed E-state index contributed by atoms with van der Waals surface area (Å²) in [5.74, 6) is -0.00672. The molecular weight excluding hydrogens is 341 g/mol. The number of phenolic OH excluding ortho intramolecular Hbond substituents is 1. The number of alkyl halides is 1. The maximum atomic E-state index is 10.4. The van der Waals surface area contributed by atoms with Gasteiger partial charge >= 0.3 is 0 Å². The van der Waals surface area contributed by atoms with Gasteiger partial charge in [-0.05, 0) is 12.1 Å². The number of benzene rings is 1. The summed E-state index contributed by atoms with van der Waals surface area (Å²) in [5, 5.41) is 9.58. The molecule has 1 aromatic carbocycles. The lowest BCUT2D eigenvalue weighted by molar-refractivity contribution is 0.471. The van der Waals surface area contributed by atoms with Gasteiger partial charge in [0.1, 0.15) is 5.75 Å². The van der Waals surface area contributed by atoms with Crippen LogP contribution in [-0.2, 0) is 15.3 Å². The smallest absolute Gasteiger partial charge is 0.222 e. The van der Waals surface area contributed by atoms with Crippen LogP contribution in [0.4, 0.5) is 5.69 Å². The molecular formula is C7H7ClINO3S. The lowest BCUT2D eigenvalue weighted by Crippen LogP contribution is -1.95. The van der Waals surface area contributed by atoms with E-state index in [2.05, 4.69) is 4.72 Å². The van der Waals surface area contributed by atoms with Gasteiger partial charge in [0.05, 0.1) is 10.7 Å². The number of anilines is 1. The average molecular weight is 348 g/mol. The van der Waals surface area contributed by atoms with Crippen molar-refractivity contribution < 1.29 is 13.5 Å². The molecule has 0 spiro atoms. The van der Waals surface area contributed by atoms with Crippen molar-refractivity contribution in [3.05, 3.63) is 22.7 Å². The van der Waals surface area contributed by atoms with Gasteiger partial charge in [0, 0.05) is 9.99 Å². The molecule has 4 nitrogen and oxygen atoms in total. The second kappa shape index (κ2) is 5.04. The summed E-state index contributed by atoms with van der Waals surface area (Å²) in [6.45, 7) is 0. The molecule has 0 saturated heterocycles. The Balaban J connectivity index is 3.15. The van der Waals surface area contributed by atoms with E-state index in [1.807, 2.05) is 22.6 Å². The number of aromatic hydroxyl groups is 1. The third-order valence-corrected chi connectivity index (χ3v) is 3.06. The summed E-state index contributed by atoms with van der Waals surface area (Å²) in [5.41, 5.74) is 0.952. The molecule has 0 aliphatic heterocycles. The predicted octanol–water partition coefficient (Wildman–Crippen LogP) is 1.92. The maximum Gasteiger partial charge on any atom is 0.222 e. The minimum atomic E-state index is -2.71. The van der Waals surface area contributed by atoms with Gasteiger partial charge < -0.3 is 5.11 Å². The van der Waals surface area contributed by atoms with Crippen LogP contribution in [0.25, 0.3) is 0 Å². The highest BCUT2D eigenvalue weighted by molar-refractivity contribution is 14.1. The summed E-state index contributed by atoms with van der Waals surface area (Å²) in [6, 6.07) is 2.90. The molecule has 0 saturated carbocycles. The van der Waals surface area contributed by atoms with Crippen LogP contribution in [0.3, 0.4) is 0 Å². The van der Waals surface area contributed by atoms with Crippen LogP contribution in [0.15, 0.2) is 12.1 Å². The van der Waals surface area contributed by atoms with Gasteiger partial charge in [-0.1, -0.05) is 34.2 Å². The first-order valence-corrected chi connectivity index (χ1v) is 6.61. The Kier molecular flexibility index (Phi) is 4.27. The summed E-state index contributed by atoms with van der Waals surface area (Å²) >= 11 is 7.74. The molecule has 1 rings (SSSR count). The van der Waals surface area contributed by atoms with E-state index >= 15 is 0 Å². The van der Waals surface area contributed by atoms with E-state index in [9.17, 15) is 13.5 Å². The Hall–Kier alpha value is -0.210. The van der Waals surface area contributed by atoms with Crippen LogP contribution in [0.2, 0.25) is 5.02 Å². The van der Waals surface area contributed by atoms with Crippen molar-refractivity contribution in [1.29, 1.82) is 0 Å². The first-order chi connectivity index (χ1) is 6.54. The molecule has 0 bridgehead atoms. The Bertz CT molecular complexity index is 414. The quantitative estimate of drug-likeness (QED) is 0.339. The van der Waals surface area contributed by atoms with Crippen LogP contribution in [0, 0.1) is 0 Å². The molecule has 1 aromatic rings. The zero-order chi connectivity index (χ0) is 10.7. The first kappa shape index (κ1) is 11.9. The minimum absolute atomic E-state index is 0.00672. The number of phenols is 1. The fourth-order valence-electron chi connectivity index (χ4n) is 0.928. The molecule has 0 aliphatic rings. The fraction of sp³-hybridized carbons (Fsp3) is 0.143. The van der Waals surface area contributed by atoms with E-state index in [-0.39, 0.29) is 10.8 Å². The largest absolute Gasteiger partial charge is 0.506 e. The normalized spacial score (nSPS) is 10.5. The second-order valence-corrected chi connectivity index (χ2v) is 4.38. The van der Waals surface area contributed by atoms with Crippen molar-refractivity contribution in [3.63, 3.8) is 0 Å². The van der Waals surface area contributed by atoms with Gasteiger partial charge in [0.15, 0.2) is 0 Å². The molecule has 0 aromatic heterocycles. The molecule has 78 valence electrons. The van der Waals surface area contributed by atoms with Gasteiger partial charge in [-0.25, -0.2) is 8.42 Å². The minimum Gasteiger partial charge on any atom is -0.506 e. The standard InChI is InChI=1S/C7H7ClINO3S/c8-6-2-5(10-14(12)13)1-4(3-9)7(6)11/h1-2,11,14H,3H2,(H,10,12,13). The van der Waals surface area contributed by atoms with Gasteiger partial charge in [0.2, 0.25) is 10.9 Å². The Labute approximate surface area is 101 Å². The molecule has 0 amide bonds. The third kappa shape index (κ3) is 2.89. The Morgan fingerprint density at radius 3 is 2.64 bits per heavy atom. The zero-order valence-electron chi connectivity index (χ0n) is 6.83.